The van der Waals surface area contributed by atoms with E-state index in [-0.39, 0.29) is 5.75 Å². The molecule has 4 N–H and O–H groups in total. The van der Waals surface area contributed by atoms with Crippen molar-refractivity contribution in [1.29, 1.82) is 0 Å². The van der Waals surface area contributed by atoms with Gasteiger partial charge in [0.05, 0.1) is 6.61 Å². The van der Waals surface area contributed by atoms with Crippen LogP contribution in [-0.4, -0.2) is 57.7 Å². The molecular weight excluding hydrogens is 344 g/mol. The molecule has 8 nitrogen and oxygen atoms in total. The summed E-state index contributed by atoms with van der Waals surface area (Å²) >= 11 is 0. The van der Waals surface area contributed by atoms with E-state index in [1.165, 1.54) is 0 Å². The summed E-state index contributed by atoms with van der Waals surface area (Å²) in [4.78, 5) is 12.0. The van der Waals surface area contributed by atoms with Gasteiger partial charge in [0.1, 0.15) is 35.7 Å². The predicted molar refractivity (Wildman–Crippen MR) is 91.1 cm³/mol. The minimum absolute atomic E-state index is 0.285. The van der Waals surface area contributed by atoms with Crippen LogP contribution in [0.15, 0.2) is 21.3 Å². The molecule has 1 fully saturated rings. The van der Waals surface area contributed by atoms with E-state index in [1.54, 1.807) is 26.0 Å². The Labute approximate surface area is 149 Å². The van der Waals surface area contributed by atoms with Gasteiger partial charge in [-0.15, -0.1) is 0 Å². The number of fused-ring (bicyclic) bond motifs is 1. The largest absolute Gasteiger partial charge is 0.462 e. The van der Waals surface area contributed by atoms with Gasteiger partial charge in [-0.3, -0.25) is 0 Å². The first kappa shape index (κ1) is 18.8. The molecule has 1 aliphatic rings. The maximum absolute atomic E-state index is 12.0. The van der Waals surface area contributed by atoms with Gasteiger partial charge >= 0.3 is 5.63 Å². The minimum Gasteiger partial charge on any atom is -0.462 e. The van der Waals surface area contributed by atoms with Crippen molar-refractivity contribution < 1.29 is 34.3 Å². The van der Waals surface area contributed by atoms with Crippen LogP contribution < -0.4 is 10.4 Å². The van der Waals surface area contributed by atoms with Crippen molar-refractivity contribution in [3.8, 4) is 5.75 Å². The van der Waals surface area contributed by atoms with Crippen molar-refractivity contribution in [2.24, 2.45) is 0 Å². The molecule has 1 saturated heterocycles. The smallest absolute Gasteiger partial charge is 0.339 e. The van der Waals surface area contributed by atoms with Crippen LogP contribution in [0, 0.1) is 20.8 Å². The van der Waals surface area contributed by atoms with Crippen LogP contribution >= 0.6 is 0 Å². The maximum atomic E-state index is 12.0. The molecule has 0 radical (unpaired) electrons. The van der Waals surface area contributed by atoms with Gasteiger partial charge in [-0.1, -0.05) is 0 Å². The molecule has 8 heteroatoms. The zero-order chi connectivity index (χ0) is 19.2. The van der Waals surface area contributed by atoms with Crippen molar-refractivity contribution in [2.45, 2.75) is 51.5 Å². The lowest BCUT2D eigenvalue weighted by molar-refractivity contribution is -0.277. The van der Waals surface area contributed by atoms with Gasteiger partial charge in [0.2, 0.25) is 6.29 Å². The number of ether oxygens (including phenoxy) is 2. The second kappa shape index (κ2) is 6.98. The fraction of sp³-hybridized carbons (Fsp3) is 0.500. The van der Waals surface area contributed by atoms with Crippen LogP contribution in [0.3, 0.4) is 0 Å². The number of hydrogen-bond donors (Lipinski definition) is 4. The Morgan fingerprint density at radius 3 is 2.35 bits per heavy atom. The van der Waals surface area contributed by atoms with E-state index in [4.69, 9.17) is 13.9 Å². The molecular formula is C18H22O8. The van der Waals surface area contributed by atoms with E-state index in [0.717, 1.165) is 10.9 Å². The van der Waals surface area contributed by atoms with Crippen molar-refractivity contribution in [3.63, 3.8) is 0 Å². The van der Waals surface area contributed by atoms with E-state index in [2.05, 4.69) is 0 Å². The molecule has 0 amide bonds. The molecule has 142 valence electrons. The van der Waals surface area contributed by atoms with Gasteiger partial charge in [-0.05, 0) is 38.5 Å². The molecule has 0 aliphatic carbocycles. The second-order valence-corrected chi connectivity index (χ2v) is 6.52. The molecule has 1 aliphatic heterocycles. The van der Waals surface area contributed by atoms with E-state index in [9.17, 15) is 25.2 Å². The first-order valence-electron chi connectivity index (χ1n) is 8.27. The summed E-state index contributed by atoms with van der Waals surface area (Å²) in [6, 6.07) is 3.37. The lowest BCUT2D eigenvalue weighted by Crippen LogP contribution is -2.60. The van der Waals surface area contributed by atoms with E-state index in [0.29, 0.717) is 16.7 Å². The van der Waals surface area contributed by atoms with Crippen LogP contribution in [0.5, 0.6) is 5.75 Å². The van der Waals surface area contributed by atoms with E-state index < -0.39 is 42.9 Å². The van der Waals surface area contributed by atoms with Gasteiger partial charge < -0.3 is 34.3 Å². The number of hydrogen-bond acceptors (Lipinski definition) is 8. The molecule has 0 unspecified atom stereocenters. The molecule has 1 aromatic heterocycles. The number of aryl methyl sites for hydroxylation is 2. The Morgan fingerprint density at radius 2 is 1.69 bits per heavy atom. The molecule has 26 heavy (non-hydrogen) atoms. The van der Waals surface area contributed by atoms with Crippen LogP contribution in [0.25, 0.3) is 11.0 Å². The summed E-state index contributed by atoms with van der Waals surface area (Å²) < 4.78 is 16.4. The maximum Gasteiger partial charge on any atom is 0.339 e. The highest BCUT2D eigenvalue weighted by Gasteiger charge is 2.44. The Balaban J connectivity index is 1.97. The van der Waals surface area contributed by atoms with Crippen LogP contribution in [-0.2, 0) is 4.74 Å². The highest BCUT2D eigenvalue weighted by atomic mass is 16.7. The summed E-state index contributed by atoms with van der Waals surface area (Å²) in [6.07, 6.45) is -6.89. The summed E-state index contributed by atoms with van der Waals surface area (Å²) in [5, 5.41) is 39.8. The fourth-order valence-electron chi connectivity index (χ4n) is 3.04. The lowest BCUT2D eigenvalue weighted by atomic mass is 9.99. The molecule has 0 spiro atoms. The lowest BCUT2D eigenvalue weighted by Gasteiger charge is -2.39. The van der Waals surface area contributed by atoms with Crippen molar-refractivity contribution in [3.05, 3.63) is 39.2 Å². The quantitative estimate of drug-likeness (QED) is 0.554. The molecule has 5 atom stereocenters. The van der Waals surface area contributed by atoms with Crippen LogP contribution in [0.4, 0.5) is 0 Å². The molecule has 2 aromatic rings. The molecule has 0 saturated carbocycles. The Hall–Kier alpha value is -1.97. The predicted octanol–water partition coefficient (Wildman–Crippen LogP) is -0.103. The number of benzene rings is 1. The second-order valence-electron chi connectivity index (χ2n) is 6.52. The Morgan fingerprint density at radius 1 is 1.00 bits per heavy atom. The first-order chi connectivity index (χ1) is 12.3. The van der Waals surface area contributed by atoms with Gasteiger partial charge in [0, 0.05) is 16.5 Å². The van der Waals surface area contributed by atoms with Gasteiger partial charge in [0.15, 0.2) is 0 Å². The monoisotopic (exact) mass is 366 g/mol. The number of aliphatic hydroxyl groups is 4. The van der Waals surface area contributed by atoms with Gasteiger partial charge in [0.25, 0.3) is 0 Å². The Kier molecular flexibility index (Phi) is 5.05. The molecule has 2 heterocycles. The minimum atomic E-state index is -1.53. The third kappa shape index (κ3) is 3.00. The average Bonchev–Trinajstić information content (AvgIpc) is 2.62. The summed E-state index contributed by atoms with van der Waals surface area (Å²) in [5.74, 6) is 0.285. The third-order valence-corrected chi connectivity index (χ3v) is 4.92. The normalized spacial score (nSPS) is 29.1. The van der Waals surface area contributed by atoms with E-state index >= 15 is 0 Å². The summed E-state index contributed by atoms with van der Waals surface area (Å²) in [5.41, 5.74) is 1.78. The topological polar surface area (TPSA) is 130 Å². The standard InChI is InChI=1S/C18H22O8/c1-7-8(2)17(23)26-16-9(3)11(5-4-10(7)16)24-18-15(22)14(21)13(20)12(6-19)25-18/h4-5,12-15,18-22H,6H2,1-3H3/t12-,13+,14+,15-,18-/m0/s1. The van der Waals surface area contributed by atoms with Crippen LogP contribution in [0.1, 0.15) is 16.7 Å². The molecule has 3 rings (SSSR count). The molecule has 1 aromatic carbocycles. The average molecular weight is 366 g/mol. The third-order valence-electron chi connectivity index (χ3n) is 4.92. The van der Waals surface area contributed by atoms with Gasteiger partial charge in [-0.25, -0.2) is 4.79 Å². The SMILES string of the molecule is Cc1c(C)c2ccc(O[C@H]3O[C@@H](CO)[C@@H](O)[C@@H](O)[C@@H]3O)c(C)c2oc1=O. The highest BCUT2D eigenvalue weighted by Crippen LogP contribution is 2.32. The number of rotatable bonds is 3. The fourth-order valence-corrected chi connectivity index (χ4v) is 3.04. The number of aliphatic hydroxyl groups excluding tert-OH is 4. The van der Waals surface area contributed by atoms with E-state index in [1.807, 2.05) is 6.92 Å². The van der Waals surface area contributed by atoms with Crippen molar-refractivity contribution in [1.82, 2.24) is 0 Å². The van der Waals surface area contributed by atoms with Gasteiger partial charge in [-0.2, -0.15) is 0 Å². The summed E-state index contributed by atoms with van der Waals surface area (Å²) in [6.45, 7) is 4.66. The van der Waals surface area contributed by atoms with Crippen molar-refractivity contribution >= 4 is 11.0 Å². The highest BCUT2D eigenvalue weighted by molar-refractivity contribution is 5.85. The zero-order valence-electron chi connectivity index (χ0n) is 14.7. The van der Waals surface area contributed by atoms with Crippen LogP contribution in [0.2, 0.25) is 0 Å². The first-order valence-corrected chi connectivity index (χ1v) is 8.27. The zero-order valence-corrected chi connectivity index (χ0v) is 14.7. The van der Waals surface area contributed by atoms with Crippen molar-refractivity contribution in [2.75, 3.05) is 6.61 Å². The Bertz CT molecular complexity index is 872. The molecule has 0 bridgehead atoms. The summed E-state index contributed by atoms with van der Waals surface area (Å²) in [7, 11) is 0.